The first-order chi connectivity index (χ1) is 7.11. The number of nitrogens with one attached hydrogen (secondary N) is 1. The Balaban J connectivity index is 2.68. The number of hydrogen-bond acceptors (Lipinski definition) is 4. The molecular formula is C10H10N2O3. The Kier molecular flexibility index (Phi) is 2.15. The fourth-order valence-electron chi connectivity index (χ4n) is 1.78. The zero-order valence-electron chi connectivity index (χ0n) is 8.24. The summed E-state index contributed by atoms with van der Waals surface area (Å²) in [7, 11) is 0. The molecule has 1 aliphatic heterocycles. The molecule has 5 heteroatoms. The van der Waals surface area contributed by atoms with Gasteiger partial charge in [-0.2, -0.15) is 0 Å². The molecule has 15 heavy (non-hydrogen) atoms. The highest BCUT2D eigenvalue weighted by atomic mass is 16.6. The van der Waals surface area contributed by atoms with E-state index in [4.69, 9.17) is 0 Å². The topological polar surface area (TPSA) is 72.2 Å². The van der Waals surface area contributed by atoms with Crippen molar-refractivity contribution in [1.82, 2.24) is 0 Å². The number of nitro benzene ring substituents is 1. The molecule has 0 aromatic heterocycles. The number of rotatable bonds is 1. The first kappa shape index (κ1) is 9.64. The van der Waals surface area contributed by atoms with Gasteiger partial charge in [-0.05, 0) is 13.0 Å². The fraction of sp³-hybridized carbons (Fsp3) is 0.300. The Bertz CT molecular complexity index is 454. The number of carbonyl (C=O) groups excluding carboxylic acids is 1. The summed E-state index contributed by atoms with van der Waals surface area (Å²) in [6, 6.07) is 3.26. The van der Waals surface area contributed by atoms with E-state index >= 15 is 0 Å². The third kappa shape index (κ3) is 1.45. The van der Waals surface area contributed by atoms with Crippen LogP contribution in [0.25, 0.3) is 0 Å². The number of benzene rings is 1. The van der Waals surface area contributed by atoms with Crippen molar-refractivity contribution >= 4 is 17.2 Å². The van der Waals surface area contributed by atoms with Crippen molar-refractivity contribution in [2.75, 3.05) is 11.9 Å². The Morgan fingerprint density at radius 3 is 2.87 bits per heavy atom. The number of hydrogen-bond donors (Lipinski definition) is 1. The number of nitro groups is 1. The summed E-state index contributed by atoms with van der Waals surface area (Å²) in [4.78, 5) is 21.9. The minimum absolute atomic E-state index is 0.0144. The summed E-state index contributed by atoms with van der Waals surface area (Å²) >= 11 is 0. The Morgan fingerprint density at radius 2 is 2.20 bits per heavy atom. The van der Waals surface area contributed by atoms with E-state index in [0.717, 1.165) is 0 Å². The number of fused-ring (bicyclic) bond motifs is 1. The second-order valence-electron chi connectivity index (χ2n) is 3.51. The lowest BCUT2D eigenvalue weighted by atomic mass is 9.98. The van der Waals surface area contributed by atoms with E-state index in [-0.39, 0.29) is 11.5 Å². The van der Waals surface area contributed by atoms with E-state index in [1.54, 1.807) is 19.1 Å². The van der Waals surface area contributed by atoms with Gasteiger partial charge >= 0.3 is 0 Å². The third-order valence-electron chi connectivity index (χ3n) is 2.52. The average molecular weight is 206 g/mol. The average Bonchev–Trinajstić information content (AvgIpc) is 2.17. The lowest BCUT2D eigenvalue weighted by Gasteiger charge is -2.17. The molecule has 0 saturated carbocycles. The van der Waals surface area contributed by atoms with Gasteiger partial charge in [-0.15, -0.1) is 0 Å². The highest BCUT2D eigenvalue weighted by Gasteiger charge is 2.26. The smallest absolute Gasteiger partial charge is 0.295 e. The fourth-order valence-corrected chi connectivity index (χ4v) is 1.78. The lowest BCUT2D eigenvalue weighted by Crippen LogP contribution is -2.19. The molecule has 0 aliphatic carbocycles. The van der Waals surface area contributed by atoms with Gasteiger partial charge in [-0.25, -0.2) is 0 Å². The summed E-state index contributed by atoms with van der Waals surface area (Å²) in [6.45, 7) is 2.13. The first-order valence-corrected chi connectivity index (χ1v) is 4.66. The van der Waals surface area contributed by atoms with Crippen molar-refractivity contribution in [3.05, 3.63) is 33.4 Å². The van der Waals surface area contributed by atoms with E-state index in [2.05, 4.69) is 5.32 Å². The predicted molar refractivity (Wildman–Crippen MR) is 55.3 cm³/mol. The number of ketones is 1. The molecule has 0 unspecified atom stereocenters. The minimum Gasteiger partial charge on any atom is -0.378 e. The Morgan fingerprint density at radius 1 is 1.47 bits per heavy atom. The van der Waals surface area contributed by atoms with Crippen LogP contribution in [-0.4, -0.2) is 17.3 Å². The maximum atomic E-state index is 11.5. The second-order valence-corrected chi connectivity index (χ2v) is 3.51. The van der Waals surface area contributed by atoms with Crippen LogP contribution in [-0.2, 0) is 0 Å². The molecule has 0 fully saturated rings. The normalized spacial score (nSPS) is 14.3. The van der Waals surface area contributed by atoms with Crippen LogP contribution in [0.4, 0.5) is 11.4 Å². The monoisotopic (exact) mass is 206 g/mol. The zero-order valence-corrected chi connectivity index (χ0v) is 8.24. The molecule has 0 bridgehead atoms. The quantitative estimate of drug-likeness (QED) is 0.562. The molecule has 1 aliphatic rings. The predicted octanol–water partition coefficient (Wildman–Crippen LogP) is 1.90. The van der Waals surface area contributed by atoms with Crippen LogP contribution in [0.5, 0.6) is 0 Å². The molecule has 2 rings (SSSR count). The van der Waals surface area contributed by atoms with Crippen LogP contribution < -0.4 is 5.32 Å². The molecule has 0 saturated heterocycles. The van der Waals surface area contributed by atoms with Crippen molar-refractivity contribution in [3.63, 3.8) is 0 Å². The van der Waals surface area contributed by atoms with Crippen LogP contribution in [0.3, 0.4) is 0 Å². The van der Waals surface area contributed by atoms with Crippen molar-refractivity contribution in [2.45, 2.75) is 13.3 Å². The first-order valence-electron chi connectivity index (χ1n) is 4.66. The van der Waals surface area contributed by atoms with Gasteiger partial charge in [0.25, 0.3) is 5.69 Å². The number of aryl methyl sites for hydroxylation is 1. The molecule has 5 nitrogen and oxygen atoms in total. The van der Waals surface area contributed by atoms with E-state index in [1.165, 1.54) is 0 Å². The van der Waals surface area contributed by atoms with E-state index < -0.39 is 4.92 Å². The summed E-state index contributed by atoms with van der Waals surface area (Å²) in [6.07, 6.45) is 0.396. The van der Waals surface area contributed by atoms with Crippen molar-refractivity contribution in [3.8, 4) is 0 Å². The molecule has 78 valence electrons. The van der Waals surface area contributed by atoms with Crippen molar-refractivity contribution in [2.24, 2.45) is 0 Å². The van der Waals surface area contributed by atoms with Crippen LogP contribution in [0.15, 0.2) is 12.1 Å². The molecule has 1 N–H and O–H groups in total. The maximum Gasteiger partial charge on any atom is 0.295 e. The highest BCUT2D eigenvalue weighted by Crippen LogP contribution is 2.34. The van der Waals surface area contributed by atoms with E-state index in [0.29, 0.717) is 29.8 Å². The Hall–Kier alpha value is -1.91. The summed E-state index contributed by atoms with van der Waals surface area (Å²) in [5, 5.41) is 13.8. The van der Waals surface area contributed by atoms with Crippen LogP contribution in [0.1, 0.15) is 22.3 Å². The largest absolute Gasteiger partial charge is 0.378 e. The van der Waals surface area contributed by atoms with E-state index in [1.807, 2.05) is 0 Å². The third-order valence-corrected chi connectivity index (χ3v) is 2.52. The number of carbonyl (C=O) groups is 1. The molecule has 0 radical (unpaired) electrons. The molecule has 1 aromatic rings. The number of nitrogens with zero attached hydrogens (tertiary/aromatic N) is 1. The summed E-state index contributed by atoms with van der Waals surface area (Å²) in [5.41, 5.74) is 1.39. The van der Waals surface area contributed by atoms with Crippen LogP contribution >= 0.6 is 0 Å². The minimum atomic E-state index is -0.445. The number of anilines is 1. The van der Waals surface area contributed by atoms with Gasteiger partial charge in [0.1, 0.15) is 5.69 Å². The van der Waals surface area contributed by atoms with Crippen molar-refractivity contribution in [1.29, 1.82) is 0 Å². The second kappa shape index (κ2) is 3.34. The molecular weight excluding hydrogens is 196 g/mol. The van der Waals surface area contributed by atoms with Crippen LogP contribution in [0.2, 0.25) is 0 Å². The molecule has 1 aromatic carbocycles. The van der Waals surface area contributed by atoms with Gasteiger partial charge in [0.15, 0.2) is 5.78 Å². The summed E-state index contributed by atoms with van der Waals surface area (Å²) in [5.74, 6) is -0.0353. The van der Waals surface area contributed by atoms with Crippen LogP contribution in [0, 0.1) is 17.0 Å². The number of Topliss-reactive ketones (excluding diaryl/α,β-unsaturated/α-hetero) is 1. The standard InChI is InChI=1S/C10H10N2O3/c1-6-2-3-7-8(13)4-5-11-9(7)10(6)12(14)15/h2-3,11H,4-5H2,1H3. The molecule has 0 spiro atoms. The highest BCUT2D eigenvalue weighted by molar-refractivity contribution is 6.05. The molecule has 0 atom stereocenters. The van der Waals surface area contributed by atoms with Gasteiger partial charge < -0.3 is 5.32 Å². The van der Waals surface area contributed by atoms with Gasteiger partial charge in [0.05, 0.1) is 4.92 Å². The Labute approximate surface area is 86.2 Å². The SMILES string of the molecule is Cc1ccc2c(c1[N+](=O)[O-])NCCC2=O. The maximum absolute atomic E-state index is 11.5. The van der Waals surface area contributed by atoms with Gasteiger partial charge in [0, 0.05) is 24.1 Å². The van der Waals surface area contributed by atoms with E-state index in [9.17, 15) is 14.9 Å². The van der Waals surface area contributed by atoms with Gasteiger partial charge in [-0.1, -0.05) is 6.07 Å². The molecule has 0 amide bonds. The van der Waals surface area contributed by atoms with Crippen molar-refractivity contribution < 1.29 is 9.72 Å². The van der Waals surface area contributed by atoms with Gasteiger partial charge in [-0.3, -0.25) is 14.9 Å². The summed E-state index contributed by atoms with van der Waals surface area (Å²) < 4.78 is 0. The lowest BCUT2D eigenvalue weighted by molar-refractivity contribution is -0.384. The molecule has 1 heterocycles. The van der Waals surface area contributed by atoms with Gasteiger partial charge in [0.2, 0.25) is 0 Å². The zero-order chi connectivity index (χ0) is 11.0.